The zero-order valence-corrected chi connectivity index (χ0v) is 15.8. The Kier molecular flexibility index (Phi) is 5.03. The number of amides is 1. The van der Waals surface area contributed by atoms with E-state index in [0.29, 0.717) is 30.0 Å². The number of hydrogen-bond donors (Lipinski definition) is 2. The first-order valence-electron chi connectivity index (χ1n) is 9.38. The van der Waals surface area contributed by atoms with Gasteiger partial charge < -0.3 is 9.64 Å². The molecule has 2 aliphatic heterocycles. The molecule has 0 spiro atoms. The minimum absolute atomic E-state index is 0.0533. The van der Waals surface area contributed by atoms with E-state index in [9.17, 15) is 13.6 Å². The normalized spacial score (nSPS) is 24.1. The molecule has 5 nitrogen and oxygen atoms in total. The lowest BCUT2D eigenvalue weighted by Gasteiger charge is -2.36. The minimum Gasteiger partial charge on any atom is -0.496 e. The van der Waals surface area contributed by atoms with Gasteiger partial charge in [0, 0.05) is 25.0 Å². The van der Waals surface area contributed by atoms with E-state index in [-0.39, 0.29) is 23.9 Å². The molecule has 4 rings (SSSR count). The molecule has 148 valence electrons. The van der Waals surface area contributed by atoms with Gasteiger partial charge in [-0.1, -0.05) is 18.2 Å². The molecule has 28 heavy (non-hydrogen) atoms. The van der Waals surface area contributed by atoms with Gasteiger partial charge in [-0.2, -0.15) is 0 Å². The van der Waals surface area contributed by atoms with E-state index < -0.39 is 11.6 Å². The fraction of sp³-hybridized carbons (Fsp3) is 0.381. The van der Waals surface area contributed by atoms with Crippen LogP contribution < -0.4 is 15.6 Å². The van der Waals surface area contributed by atoms with E-state index in [2.05, 4.69) is 10.9 Å². The Balaban J connectivity index is 1.58. The van der Waals surface area contributed by atoms with Crippen molar-refractivity contribution in [2.45, 2.75) is 25.4 Å². The largest absolute Gasteiger partial charge is 0.496 e. The van der Waals surface area contributed by atoms with E-state index in [0.717, 1.165) is 18.1 Å². The Morgan fingerprint density at radius 2 is 2.00 bits per heavy atom. The molecular weight excluding hydrogens is 364 g/mol. The number of carbonyl (C=O) groups excluding carboxylic acids is 1. The second kappa shape index (κ2) is 7.48. The molecule has 2 heterocycles. The monoisotopic (exact) mass is 387 g/mol. The Morgan fingerprint density at radius 3 is 2.75 bits per heavy atom. The van der Waals surface area contributed by atoms with Gasteiger partial charge in [0.05, 0.1) is 18.7 Å². The Hall–Kier alpha value is -2.51. The van der Waals surface area contributed by atoms with Crippen LogP contribution in [0.4, 0.5) is 8.78 Å². The van der Waals surface area contributed by atoms with Crippen LogP contribution in [-0.2, 0) is 0 Å². The van der Waals surface area contributed by atoms with Crippen LogP contribution in [0.1, 0.15) is 33.9 Å². The summed E-state index contributed by atoms with van der Waals surface area (Å²) in [7, 11) is 1.56. The molecule has 2 aromatic rings. The van der Waals surface area contributed by atoms with Crippen molar-refractivity contribution in [3.05, 3.63) is 64.7 Å². The van der Waals surface area contributed by atoms with Crippen molar-refractivity contribution >= 4 is 5.91 Å². The number of nitrogens with zero attached hydrogens (tertiary/aromatic N) is 1. The average Bonchev–Trinajstić information content (AvgIpc) is 3.12. The molecular formula is C21H23F2N3O2. The van der Waals surface area contributed by atoms with Gasteiger partial charge in [0.1, 0.15) is 5.75 Å². The van der Waals surface area contributed by atoms with E-state index in [4.69, 9.17) is 4.74 Å². The van der Waals surface area contributed by atoms with Crippen molar-refractivity contribution in [3.8, 4) is 5.75 Å². The molecule has 3 atom stereocenters. The van der Waals surface area contributed by atoms with Crippen molar-refractivity contribution in [2.75, 3.05) is 20.2 Å². The summed E-state index contributed by atoms with van der Waals surface area (Å²) < 4.78 is 32.4. The van der Waals surface area contributed by atoms with Gasteiger partial charge in [-0.3, -0.25) is 10.2 Å². The molecule has 0 radical (unpaired) electrons. The van der Waals surface area contributed by atoms with Crippen LogP contribution in [0, 0.1) is 24.5 Å². The average molecular weight is 387 g/mol. The molecule has 2 N–H and O–H groups in total. The van der Waals surface area contributed by atoms with Gasteiger partial charge in [-0.05, 0) is 42.7 Å². The van der Waals surface area contributed by atoms with Crippen molar-refractivity contribution in [1.29, 1.82) is 0 Å². The molecule has 2 fully saturated rings. The van der Waals surface area contributed by atoms with Crippen LogP contribution in [0.3, 0.4) is 0 Å². The van der Waals surface area contributed by atoms with E-state index in [1.54, 1.807) is 19.2 Å². The number of ether oxygens (including phenoxy) is 1. The van der Waals surface area contributed by atoms with E-state index in [1.807, 2.05) is 24.0 Å². The second-order valence-corrected chi connectivity index (χ2v) is 7.40. The number of methoxy groups -OCH3 is 1. The predicted molar refractivity (Wildman–Crippen MR) is 101 cm³/mol. The lowest BCUT2D eigenvalue weighted by molar-refractivity contribution is 0.0648. The number of hydrazine groups is 1. The third kappa shape index (κ3) is 3.25. The zero-order valence-electron chi connectivity index (χ0n) is 15.8. The van der Waals surface area contributed by atoms with E-state index >= 15 is 0 Å². The summed E-state index contributed by atoms with van der Waals surface area (Å²) in [4.78, 5) is 15.1. The van der Waals surface area contributed by atoms with Gasteiger partial charge in [-0.25, -0.2) is 14.2 Å². The summed E-state index contributed by atoms with van der Waals surface area (Å²) in [5.74, 6) is -1.18. The number of hydrogen-bond acceptors (Lipinski definition) is 4. The van der Waals surface area contributed by atoms with Crippen molar-refractivity contribution in [2.24, 2.45) is 5.92 Å². The highest BCUT2D eigenvalue weighted by atomic mass is 19.2. The van der Waals surface area contributed by atoms with Crippen LogP contribution in [0.5, 0.6) is 5.75 Å². The van der Waals surface area contributed by atoms with Crippen molar-refractivity contribution in [3.63, 3.8) is 0 Å². The highest BCUT2D eigenvalue weighted by Gasteiger charge is 2.42. The minimum atomic E-state index is -0.865. The van der Waals surface area contributed by atoms with Crippen LogP contribution in [-0.4, -0.2) is 37.0 Å². The fourth-order valence-corrected chi connectivity index (χ4v) is 4.27. The highest BCUT2D eigenvalue weighted by Crippen LogP contribution is 2.35. The smallest absolute Gasteiger partial charge is 0.257 e. The van der Waals surface area contributed by atoms with Gasteiger partial charge in [-0.15, -0.1) is 0 Å². The maximum Gasteiger partial charge on any atom is 0.257 e. The van der Waals surface area contributed by atoms with Crippen LogP contribution in [0.15, 0.2) is 36.4 Å². The SMILES string of the molecule is COc1cccc(C)c1C(=O)N1CCC2NNC(c3ccc(F)c(F)c3)C2C1. The van der Waals surface area contributed by atoms with Gasteiger partial charge in [0.15, 0.2) is 11.6 Å². The van der Waals surface area contributed by atoms with Crippen LogP contribution in [0.25, 0.3) is 0 Å². The molecule has 2 aromatic carbocycles. The molecule has 3 unspecified atom stereocenters. The summed E-state index contributed by atoms with van der Waals surface area (Å²) >= 11 is 0. The number of carbonyl (C=O) groups is 1. The van der Waals surface area contributed by atoms with Gasteiger partial charge in [0.2, 0.25) is 0 Å². The van der Waals surface area contributed by atoms with Gasteiger partial charge in [0.25, 0.3) is 5.91 Å². The lowest BCUT2D eigenvalue weighted by atomic mass is 9.84. The second-order valence-electron chi connectivity index (χ2n) is 7.40. The third-order valence-corrected chi connectivity index (χ3v) is 5.77. The molecule has 0 aliphatic carbocycles. The summed E-state index contributed by atoms with van der Waals surface area (Å²) in [6.07, 6.45) is 0.776. The lowest BCUT2D eigenvalue weighted by Crippen LogP contribution is -2.48. The Morgan fingerprint density at radius 1 is 1.18 bits per heavy atom. The number of rotatable bonds is 3. The van der Waals surface area contributed by atoms with Crippen molar-refractivity contribution < 1.29 is 18.3 Å². The zero-order chi connectivity index (χ0) is 19.8. The number of piperidine rings is 1. The first-order valence-corrected chi connectivity index (χ1v) is 9.38. The standard InChI is InChI=1S/C21H23F2N3O2/c1-12-4-3-5-18(28-2)19(12)21(27)26-9-8-17-14(11-26)20(25-24-17)13-6-7-15(22)16(23)10-13/h3-7,10,14,17,20,24-25H,8-9,11H2,1-2H3. The summed E-state index contributed by atoms with van der Waals surface area (Å²) in [6, 6.07) is 9.47. The molecule has 7 heteroatoms. The quantitative estimate of drug-likeness (QED) is 0.850. The van der Waals surface area contributed by atoms with Gasteiger partial charge >= 0.3 is 0 Å². The summed E-state index contributed by atoms with van der Waals surface area (Å²) in [5, 5.41) is 0. The van der Waals surface area contributed by atoms with Crippen LogP contribution in [0.2, 0.25) is 0 Å². The number of nitrogens with one attached hydrogen (secondary N) is 2. The number of fused-ring (bicyclic) bond motifs is 1. The maximum atomic E-state index is 13.7. The summed E-state index contributed by atoms with van der Waals surface area (Å²) in [5.41, 5.74) is 8.55. The first-order chi connectivity index (χ1) is 13.5. The number of likely N-dealkylation sites (tertiary alicyclic amines) is 1. The van der Waals surface area contributed by atoms with Crippen LogP contribution >= 0.6 is 0 Å². The highest BCUT2D eigenvalue weighted by molar-refractivity contribution is 5.98. The predicted octanol–water partition coefficient (Wildman–Crippen LogP) is 2.96. The number of benzene rings is 2. The molecule has 0 aromatic heterocycles. The molecule has 2 saturated heterocycles. The Bertz CT molecular complexity index is 905. The topological polar surface area (TPSA) is 53.6 Å². The van der Waals surface area contributed by atoms with Crippen molar-refractivity contribution in [1.82, 2.24) is 15.8 Å². The Labute approximate surface area is 162 Å². The summed E-state index contributed by atoms with van der Waals surface area (Å²) in [6.45, 7) is 3.03. The number of aryl methyl sites for hydroxylation is 1. The number of halogens is 2. The maximum absolute atomic E-state index is 13.7. The molecule has 1 amide bonds. The first kappa shape index (κ1) is 18.8. The third-order valence-electron chi connectivity index (χ3n) is 5.77. The molecule has 0 bridgehead atoms. The fourth-order valence-electron chi connectivity index (χ4n) is 4.27. The van der Waals surface area contributed by atoms with E-state index in [1.165, 1.54) is 6.07 Å². The molecule has 0 saturated carbocycles. The molecule has 2 aliphatic rings.